The fourth-order valence-electron chi connectivity index (χ4n) is 3.34. The lowest BCUT2D eigenvalue weighted by atomic mass is 10.3. The third kappa shape index (κ3) is 5.28. The Hall–Kier alpha value is -2.49. The summed E-state index contributed by atoms with van der Waals surface area (Å²) in [4.78, 5) is 30.0. The van der Waals surface area contributed by atoms with Gasteiger partial charge in [-0.2, -0.15) is 8.78 Å². The van der Waals surface area contributed by atoms with Crippen LogP contribution in [0.15, 0.2) is 18.2 Å². The van der Waals surface area contributed by atoms with Crippen molar-refractivity contribution in [2.75, 3.05) is 51.1 Å². The molecule has 0 atom stereocenters. The normalized spacial score (nSPS) is 17.9. The number of nitrogens with zero attached hydrogens (tertiary/aromatic N) is 3. The number of carbonyl (C=O) groups is 2. The summed E-state index contributed by atoms with van der Waals surface area (Å²) in [7, 11) is 0. The summed E-state index contributed by atoms with van der Waals surface area (Å²) in [6.45, 7) is 0.890. The Labute approximate surface area is 161 Å². The molecule has 1 aromatic carbocycles. The minimum atomic E-state index is -3.12. The van der Waals surface area contributed by atoms with Crippen LogP contribution in [0.25, 0.3) is 0 Å². The Morgan fingerprint density at radius 3 is 2.32 bits per heavy atom. The monoisotopic (exact) mass is 400 g/mol. The van der Waals surface area contributed by atoms with E-state index in [-0.39, 0.29) is 11.6 Å². The number of anilines is 1. The minimum Gasteiger partial charge on any atom is -0.432 e. The van der Waals surface area contributed by atoms with Gasteiger partial charge in [-0.3, -0.25) is 9.69 Å². The Morgan fingerprint density at radius 2 is 1.71 bits per heavy atom. The minimum absolute atomic E-state index is 0.122. The lowest BCUT2D eigenvalue weighted by molar-refractivity contribution is -0.131. The zero-order chi connectivity index (χ0) is 20.1. The molecule has 7 nitrogen and oxygen atoms in total. The molecule has 0 aromatic heterocycles. The average Bonchev–Trinajstić information content (AvgIpc) is 3.19. The first-order valence-corrected chi connectivity index (χ1v) is 9.23. The van der Waals surface area contributed by atoms with Crippen LogP contribution in [0.1, 0.15) is 12.8 Å². The van der Waals surface area contributed by atoms with Gasteiger partial charge in [0.2, 0.25) is 5.91 Å². The molecule has 0 saturated carbocycles. The van der Waals surface area contributed by atoms with Gasteiger partial charge in [-0.15, -0.1) is 0 Å². The molecule has 0 radical (unpaired) electrons. The number of amides is 3. The third-order valence-electron chi connectivity index (χ3n) is 4.88. The highest BCUT2D eigenvalue weighted by Crippen LogP contribution is 2.23. The number of urea groups is 1. The second kappa shape index (κ2) is 9.13. The lowest BCUT2D eigenvalue weighted by Crippen LogP contribution is -2.52. The number of hydrogen-bond acceptors (Lipinski definition) is 4. The van der Waals surface area contributed by atoms with Gasteiger partial charge in [-0.1, -0.05) is 0 Å². The van der Waals surface area contributed by atoms with Crippen LogP contribution in [0.2, 0.25) is 0 Å². The number of piperazine rings is 1. The van der Waals surface area contributed by atoms with Crippen molar-refractivity contribution in [3.05, 3.63) is 24.0 Å². The summed E-state index contributed by atoms with van der Waals surface area (Å²) < 4.78 is 42.1. The fourth-order valence-corrected chi connectivity index (χ4v) is 3.34. The first-order valence-electron chi connectivity index (χ1n) is 9.23. The standard InChI is InChI=1S/C18H23F3N4O3/c19-14-11-13(3-4-15(14)28-17(20)21)22-18(27)25-9-7-23(8-10-25)12-16(26)24-5-1-2-6-24/h3-4,11,17H,1-2,5-10,12H2,(H,22,27). The molecule has 0 spiro atoms. The van der Waals surface area contributed by atoms with Crippen LogP contribution in [-0.2, 0) is 4.79 Å². The largest absolute Gasteiger partial charge is 0.432 e. The highest BCUT2D eigenvalue weighted by molar-refractivity contribution is 5.89. The quantitative estimate of drug-likeness (QED) is 0.823. The molecule has 2 saturated heterocycles. The van der Waals surface area contributed by atoms with Gasteiger partial charge in [0.25, 0.3) is 0 Å². The lowest BCUT2D eigenvalue weighted by Gasteiger charge is -2.35. The maximum atomic E-state index is 13.7. The number of hydrogen-bond donors (Lipinski definition) is 1. The number of ether oxygens (including phenoxy) is 1. The van der Waals surface area contributed by atoms with Gasteiger partial charge in [0, 0.05) is 51.0 Å². The van der Waals surface area contributed by atoms with Crippen molar-refractivity contribution < 1.29 is 27.5 Å². The van der Waals surface area contributed by atoms with Gasteiger partial charge in [0.15, 0.2) is 11.6 Å². The smallest absolute Gasteiger partial charge is 0.387 e. The molecule has 10 heteroatoms. The van der Waals surface area contributed by atoms with Crippen molar-refractivity contribution >= 4 is 17.6 Å². The van der Waals surface area contributed by atoms with Gasteiger partial charge in [0.05, 0.1) is 6.54 Å². The zero-order valence-electron chi connectivity index (χ0n) is 15.4. The molecular formula is C18H23F3N4O3. The summed E-state index contributed by atoms with van der Waals surface area (Å²) in [5.41, 5.74) is 0.149. The first kappa shape index (κ1) is 20.2. The van der Waals surface area contributed by atoms with Gasteiger partial charge >= 0.3 is 12.6 Å². The van der Waals surface area contributed by atoms with Gasteiger partial charge in [-0.25, -0.2) is 9.18 Å². The number of benzene rings is 1. The van der Waals surface area contributed by atoms with E-state index in [1.165, 1.54) is 6.07 Å². The van der Waals surface area contributed by atoms with Gasteiger partial charge in [0.1, 0.15) is 0 Å². The molecule has 0 aliphatic carbocycles. The SMILES string of the molecule is O=C(CN1CCN(C(=O)Nc2ccc(OC(F)F)c(F)c2)CC1)N1CCCC1. The zero-order valence-corrected chi connectivity index (χ0v) is 15.4. The molecule has 1 N–H and O–H groups in total. The predicted molar refractivity (Wildman–Crippen MR) is 95.9 cm³/mol. The van der Waals surface area contributed by atoms with Crippen molar-refractivity contribution in [2.24, 2.45) is 0 Å². The number of likely N-dealkylation sites (tertiary alicyclic amines) is 1. The van der Waals surface area contributed by atoms with E-state index < -0.39 is 24.2 Å². The van der Waals surface area contributed by atoms with E-state index in [0.29, 0.717) is 32.7 Å². The van der Waals surface area contributed by atoms with Crippen molar-refractivity contribution in [1.82, 2.24) is 14.7 Å². The van der Waals surface area contributed by atoms with E-state index in [2.05, 4.69) is 10.1 Å². The van der Waals surface area contributed by atoms with Crippen LogP contribution >= 0.6 is 0 Å². The fraction of sp³-hybridized carbons (Fsp3) is 0.556. The van der Waals surface area contributed by atoms with Crippen LogP contribution in [0, 0.1) is 5.82 Å². The second-order valence-corrected chi connectivity index (χ2v) is 6.80. The second-order valence-electron chi connectivity index (χ2n) is 6.80. The van der Waals surface area contributed by atoms with E-state index >= 15 is 0 Å². The summed E-state index contributed by atoms with van der Waals surface area (Å²) in [5.74, 6) is -1.44. The maximum absolute atomic E-state index is 13.7. The number of nitrogens with one attached hydrogen (secondary N) is 1. The van der Waals surface area contributed by atoms with Crippen LogP contribution in [0.4, 0.5) is 23.7 Å². The number of rotatable bonds is 5. The molecule has 3 amide bonds. The summed E-state index contributed by atoms with van der Waals surface area (Å²) in [6.07, 6.45) is 2.10. The average molecular weight is 400 g/mol. The molecule has 2 aliphatic rings. The topological polar surface area (TPSA) is 65.1 Å². The van der Waals surface area contributed by atoms with Crippen LogP contribution < -0.4 is 10.1 Å². The molecule has 154 valence electrons. The van der Waals surface area contributed by atoms with Crippen LogP contribution in [-0.4, -0.2) is 79.1 Å². The Bertz CT molecular complexity index is 705. The third-order valence-corrected chi connectivity index (χ3v) is 4.88. The Balaban J connectivity index is 1.46. The van der Waals surface area contributed by atoms with E-state index in [9.17, 15) is 22.8 Å². The Kier molecular flexibility index (Phi) is 6.61. The number of carbonyl (C=O) groups excluding carboxylic acids is 2. The molecule has 2 aliphatic heterocycles. The maximum Gasteiger partial charge on any atom is 0.387 e. The molecule has 2 fully saturated rings. The van der Waals surface area contributed by atoms with Crippen molar-refractivity contribution in [1.29, 1.82) is 0 Å². The van der Waals surface area contributed by atoms with Crippen molar-refractivity contribution in [3.63, 3.8) is 0 Å². The first-order chi connectivity index (χ1) is 13.4. The number of alkyl halides is 2. The predicted octanol–water partition coefficient (Wildman–Crippen LogP) is 2.20. The summed E-state index contributed by atoms with van der Waals surface area (Å²) >= 11 is 0. The summed E-state index contributed by atoms with van der Waals surface area (Å²) in [6, 6.07) is 2.86. The number of halogens is 3. The highest BCUT2D eigenvalue weighted by atomic mass is 19.3. The molecule has 28 heavy (non-hydrogen) atoms. The van der Waals surface area contributed by atoms with Gasteiger partial charge < -0.3 is 19.9 Å². The van der Waals surface area contributed by atoms with Crippen molar-refractivity contribution in [2.45, 2.75) is 19.5 Å². The van der Waals surface area contributed by atoms with E-state index in [1.807, 2.05) is 9.80 Å². The van der Waals surface area contributed by atoms with E-state index in [0.717, 1.165) is 38.1 Å². The van der Waals surface area contributed by atoms with Crippen LogP contribution in [0.3, 0.4) is 0 Å². The molecule has 1 aromatic rings. The molecule has 0 unspecified atom stereocenters. The summed E-state index contributed by atoms with van der Waals surface area (Å²) in [5, 5.41) is 2.54. The van der Waals surface area contributed by atoms with E-state index in [1.54, 1.807) is 4.90 Å². The Morgan fingerprint density at radius 1 is 1.04 bits per heavy atom. The highest BCUT2D eigenvalue weighted by Gasteiger charge is 2.25. The van der Waals surface area contributed by atoms with Crippen molar-refractivity contribution in [3.8, 4) is 5.75 Å². The van der Waals surface area contributed by atoms with Gasteiger partial charge in [-0.05, 0) is 25.0 Å². The molecule has 0 bridgehead atoms. The molecular weight excluding hydrogens is 377 g/mol. The molecule has 2 heterocycles. The van der Waals surface area contributed by atoms with E-state index in [4.69, 9.17) is 0 Å². The molecule has 3 rings (SSSR count). The van der Waals surface area contributed by atoms with Crippen LogP contribution in [0.5, 0.6) is 5.75 Å².